The number of morpholine rings is 1. The van der Waals surface area contributed by atoms with Crippen LogP contribution in [0.15, 0.2) is 12.1 Å². The minimum atomic E-state index is -0.459. The van der Waals surface area contributed by atoms with Crippen molar-refractivity contribution in [2.45, 2.75) is 38.9 Å². The van der Waals surface area contributed by atoms with Gasteiger partial charge in [0.05, 0.1) is 17.2 Å². The van der Waals surface area contributed by atoms with Gasteiger partial charge in [0.2, 0.25) is 0 Å². The number of hydrogen-bond donors (Lipinski definition) is 1. The van der Waals surface area contributed by atoms with Crippen LogP contribution in [0.2, 0.25) is 10.0 Å². The first-order chi connectivity index (χ1) is 9.56. The first-order valence-electron chi connectivity index (χ1n) is 7.07. The lowest BCUT2D eigenvalue weighted by Gasteiger charge is -2.35. The van der Waals surface area contributed by atoms with Crippen molar-refractivity contribution in [2.24, 2.45) is 5.92 Å². The van der Waals surface area contributed by atoms with Gasteiger partial charge in [-0.05, 0) is 18.1 Å². The quantitative estimate of drug-likeness (QED) is 0.819. The molecule has 112 valence electrons. The monoisotopic (exact) mass is 319 g/mol. The molecule has 1 saturated heterocycles. The summed E-state index contributed by atoms with van der Waals surface area (Å²) in [6.07, 6.45) is 2.04. The second-order valence-corrected chi connectivity index (χ2v) is 6.00. The van der Waals surface area contributed by atoms with E-state index in [0.29, 0.717) is 23.0 Å². The Morgan fingerprint density at radius 2 is 1.95 bits per heavy atom. The van der Waals surface area contributed by atoms with Crippen molar-refractivity contribution in [1.82, 2.24) is 5.32 Å². The van der Waals surface area contributed by atoms with Crippen LogP contribution in [0.5, 0.6) is 0 Å². The molecule has 20 heavy (non-hydrogen) atoms. The summed E-state index contributed by atoms with van der Waals surface area (Å²) in [4.78, 5) is 0. The lowest BCUT2D eigenvalue weighted by molar-refractivity contribution is -0.0688. The maximum atomic E-state index is 13.6. The van der Waals surface area contributed by atoms with E-state index in [2.05, 4.69) is 19.2 Å². The van der Waals surface area contributed by atoms with E-state index in [1.807, 2.05) is 0 Å². The summed E-state index contributed by atoms with van der Waals surface area (Å²) in [6, 6.07) is 2.82. The first-order valence-corrected chi connectivity index (χ1v) is 7.83. The molecule has 2 atom stereocenters. The molecule has 1 heterocycles. The summed E-state index contributed by atoms with van der Waals surface area (Å²) in [5.41, 5.74) is 0.664. The molecule has 2 nitrogen and oxygen atoms in total. The van der Waals surface area contributed by atoms with E-state index < -0.39 is 5.82 Å². The smallest absolute Gasteiger partial charge is 0.142 e. The average Bonchev–Trinajstić information content (AvgIpc) is 2.44. The molecule has 1 fully saturated rings. The molecular weight excluding hydrogens is 300 g/mol. The molecule has 1 N–H and O–H groups in total. The highest BCUT2D eigenvalue weighted by molar-refractivity contribution is 6.35. The highest BCUT2D eigenvalue weighted by atomic mass is 35.5. The number of nitrogens with one attached hydrogen (secondary N) is 1. The SMILES string of the molecule is CCC(CC)C1CNCC(c2cc(F)c(Cl)cc2Cl)O1. The largest absolute Gasteiger partial charge is 0.367 e. The van der Waals surface area contributed by atoms with Crippen molar-refractivity contribution in [2.75, 3.05) is 13.1 Å². The summed E-state index contributed by atoms with van der Waals surface area (Å²) in [5, 5.41) is 3.85. The van der Waals surface area contributed by atoms with Crippen molar-refractivity contribution < 1.29 is 9.13 Å². The molecule has 0 amide bonds. The molecule has 5 heteroatoms. The van der Waals surface area contributed by atoms with E-state index in [1.165, 1.54) is 12.1 Å². The Morgan fingerprint density at radius 1 is 1.25 bits per heavy atom. The van der Waals surface area contributed by atoms with Gasteiger partial charge in [-0.25, -0.2) is 4.39 Å². The van der Waals surface area contributed by atoms with Crippen molar-refractivity contribution in [3.05, 3.63) is 33.6 Å². The highest BCUT2D eigenvalue weighted by Crippen LogP contribution is 2.33. The first kappa shape index (κ1) is 16.0. The third-order valence-electron chi connectivity index (χ3n) is 3.98. The zero-order valence-electron chi connectivity index (χ0n) is 11.8. The van der Waals surface area contributed by atoms with Crippen LogP contribution in [0.25, 0.3) is 0 Å². The lowest BCUT2D eigenvalue weighted by atomic mass is 9.94. The van der Waals surface area contributed by atoms with E-state index >= 15 is 0 Å². The van der Waals surface area contributed by atoms with Gasteiger partial charge < -0.3 is 10.1 Å². The number of benzene rings is 1. The summed E-state index contributed by atoms with van der Waals surface area (Å²) in [7, 11) is 0. The lowest BCUT2D eigenvalue weighted by Crippen LogP contribution is -2.44. The van der Waals surface area contributed by atoms with E-state index in [9.17, 15) is 4.39 Å². The molecule has 0 spiro atoms. The van der Waals surface area contributed by atoms with Gasteiger partial charge in [0.1, 0.15) is 5.82 Å². The minimum Gasteiger partial charge on any atom is -0.367 e. The molecule has 0 aliphatic carbocycles. The fourth-order valence-electron chi connectivity index (χ4n) is 2.72. The number of halogens is 3. The maximum Gasteiger partial charge on any atom is 0.142 e. The Bertz CT molecular complexity index is 465. The van der Waals surface area contributed by atoms with Crippen LogP contribution in [-0.2, 0) is 4.74 Å². The van der Waals surface area contributed by atoms with Crippen LogP contribution >= 0.6 is 23.2 Å². The molecule has 0 bridgehead atoms. The molecule has 1 aliphatic rings. The Balaban J connectivity index is 2.18. The second kappa shape index (κ2) is 7.08. The Labute approximate surface area is 129 Å². The van der Waals surface area contributed by atoms with Gasteiger partial charge >= 0.3 is 0 Å². The fraction of sp³-hybridized carbons (Fsp3) is 0.600. The summed E-state index contributed by atoms with van der Waals surface area (Å²) < 4.78 is 19.8. The average molecular weight is 320 g/mol. The normalized spacial score (nSPS) is 23.3. The molecule has 0 saturated carbocycles. The van der Waals surface area contributed by atoms with Gasteiger partial charge in [-0.3, -0.25) is 0 Å². The maximum absolute atomic E-state index is 13.6. The summed E-state index contributed by atoms with van der Waals surface area (Å²) >= 11 is 11.9. The summed E-state index contributed by atoms with van der Waals surface area (Å²) in [5.74, 6) is 0.0422. The molecule has 2 unspecified atom stereocenters. The number of rotatable bonds is 4. The van der Waals surface area contributed by atoms with Crippen molar-refractivity contribution >= 4 is 23.2 Å². The van der Waals surface area contributed by atoms with E-state index in [0.717, 1.165) is 19.4 Å². The molecule has 1 aliphatic heterocycles. The van der Waals surface area contributed by atoms with Crippen LogP contribution < -0.4 is 5.32 Å². The topological polar surface area (TPSA) is 21.3 Å². The standard InChI is InChI=1S/C15H20Cl2FNO/c1-3-9(4-2)14-7-19-8-15(20-14)10-5-13(18)12(17)6-11(10)16/h5-6,9,14-15,19H,3-4,7-8H2,1-2H3. The van der Waals surface area contributed by atoms with Gasteiger partial charge in [-0.1, -0.05) is 49.9 Å². The van der Waals surface area contributed by atoms with Gasteiger partial charge in [-0.2, -0.15) is 0 Å². The second-order valence-electron chi connectivity index (χ2n) is 5.19. The van der Waals surface area contributed by atoms with Crippen LogP contribution in [0, 0.1) is 11.7 Å². The predicted molar refractivity (Wildman–Crippen MR) is 81.0 cm³/mol. The predicted octanol–water partition coefficient (Wildman–Crippen LogP) is 4.60. The van der Waals surface area contributed by atoms with Crippen LogP contribution in [0.3, 0.4) is 0 Å². The Morgan fingerprint density at radius 3 is 2.60 bits per heavy atom. The third kappa shape index (κ3) is 3.45. The van der Waals surface area contributed by atoms with Crippen LogP contribution in [0.1, 0.15) is 38.4 Å². The molecule has 0 radical (unpaired) electrons. The highest BCUT2D eigenvalue weighted by Gasteiger charge is 2.29. The minimum absolute atomic E-state index is 0.0408. The van der Waals surface area contributed by atoms with Gasteiger partial charge in [-0.15, -0.1) is 0 Å². The molecular formula is C15H20Cl2FNO. The number of ether oxygens (including phenoxy) is 1. The van der Waals surface area contributed by atoms with E-state index in [-0.39, 0.29) is 17.2 Å². The Kier molecular flexibility index (Phi) is 5.67. The third-order valence-corrected chi connectivity index (χ3v) is 4.59. The zero-order chi connectivity index (χ0) is 14.7. The molecule has 2 rings (SSSR count). The zero-order valence-corrected chi connectivity index (χ0v) is 13.3. The van der Waals surface area contributed by atoms with Crippen LogP contribution in [0.4, 0.5) is 4.39 Å². The summed E-state index contributed by atoms with van der Waals surface area (Å²) in [6.45, 7) is 5.79. The fourth-order valence-corrected chi connectivity index (χ4v) is 3.23. The van der Waals surface area contributed by atoms with E-state index in [4.69, 9.17) is 27.9 Å². The van der Waals surface area contributed by atoms with Crippen LogP contribution in [-0.4, -0.2) is 19.2 Å². The Hall–Kier alpha value is -0.350. The van der Waals surface area contributed by atoms with E-state index in [1.54, 1.807) is 0 Å². The molecule has 0 aromatic heterocycles. The van der Waals surface area contributed by atoms with Gasteiger partial charge in [0.25, 0.3) is 0 Å². The van der Waals surface area contributed by atoms with Crippen molar-refractivity contribution in [3.8, 4) is 0 Å². The number of hydrogen-bond acceptors (Lipinski definition) is 2. The van der Waals surface area contributed by atoms with Gasteiger partial charge in [0.15, 0.2) is 0 Å². The van der Waals surface area contributed by atoms with Gasteiger partial charge in [0, 0.05) is 23.7 Å². The van der Waals surface area contributed by atoms with Crippen molar-refractivity contribution in [1.29, 1.82) is 0 Å². The van der Waals surface area contributed by atoms with Crippen molar-refractivity contribution in [3.63, 3.8) is 0 Å². The molecule has 1 aromatic rings. The molecule has 1 aromatic carbocycles.